The van der Waals surface area contributed by atoms with Crippen LogP contribution in [0.1, 0.15) is 22.3 Å². The molecule has 1 aromatic carbocycles. The summed E-state index contributed by atoms with van der Waals surface area (Å²) < 4.78 is 37.6. The van der Waals surface area contributed by atoms with Crippen LogP contribution in [0.25, 0.3) is 0 Å². The molecule has 0 aliphatic carbocycles. The predicted octanol–water partition coefficient (Wildman–Crippen LogP) is 3.16. The standard InChI is InChI=1S/C11H10F3N/c12-5-9-3-8(1-2-15)4-10(6-13)11(9)7-14/h3-4H,1,5-7H2. The molecule has 15 heavy (non-hydrogen) atoms. The van der Waals surface area contributed by atoms with Gasteiger partial charge in [0.1, 0.15) is 20.0 Å². The number of nitriles is 1. The van der Waals surface area contributed by atoms with Crippen LogP contribution in [-0.4, -0.2) is 0 Å². The van der Waals surface area contributed by atoms with Crippen LogP contribution >= 0.6 is 0 Å². The summed E-state index contributed by atoms with van der Waals surface area (Å²) in [6.07, 6.45) is 0.0760. The Morgan fingerprint density at radius 2 is 1.53 bits per heavy atom. The van der Waals surface area contributed by atoms with Gasteiger partial charge in [0.2, 0.25) is 0 Å². The molecule has 4 heteroatoms. The third-order valence-corrected chi connectivity index (χ3v) is 2.20. The van der Waals surface area contributed by atoms with Crippen molar-refractivity contribution in [1.82, 2.24) is 0 Å². The topological polar surface area (TPSA) is 23.8 Å². The van der Waals surface area contributed by atoms with Gasteiger partial charge in [-0.3, -0.25) is 0 Å². The van der Waals surface area contributed by atoms with E-state index in [9.17, 15) is 13.2 Å². The largest absolute Gasteiger partial charge is 0.246 e. The lowest BCUT2D eigenvalue weighted by Crippen LogP contribution is -1.99. The fraction of sp³-hybridized carbons (Fsp3) is 0.364. The number of benzene rings is 1. The molecular weight excluding hydrogens is 203 g/mol. The summed E-state index contributed by atoms with van der Waals surface area (Å²) >= 11 is 0. The fourth-order valence-corrected chi connectivity index (χ4v) is 1.47. The lowest BCUT2D eigenvalue weighted by Gasteiger charge is -2.09. The summed E-state index contributed by atoms with van der Waals surface area (Å²) in [5, 5.41) is 8.46. The number of rotatable bonds is 4. The second-order valence-electron chi connectivity index (χ2n) is 3.13. The van der Waals surface area contributed by atoms with Crippen LogP contribution in [0.3, 0.4) is 0 Å². The third-order valence-electron chi connectivity index (χ3n) is 2.20. The van der Waals surface area contributed by atoms with Gasteiger partial charge in [-0.1, -0.05) is 12.1 Å². The summed E-state index contributed by atoms with van der Waals surface area (Å²) in [6.45, 7) is -2.57. The lowest BCUT2D eigenvalue weighted by atomic mass is 9.98. The first-order valence-electron chi connectivity index (χ1n) is 4.45. The Morgan fingerprint density at radius 1 is 1.00 bits per heavy atom. The Labute approximate surface area is 86.1 Å². The van der Waals surface area contributed by atoms with E-state index in [0.29, 0.717) is 5.56 Å². The molecular formula is C11H10F3N. The Bertz CT molecular complexity index is 357. The van der Waals surface area contributed by atoms with Crippen LogP contribution in [0, 0.1) is 11.3 Å². The average molecular weight is 213 g/mol. The van der Waals surface area contributed by atoms with Gasteiger partial charge in [0, 0.05) is 0 Å². The van der Waals surface area contributed by atoms with E-state index in [1.807, 2.05) is 6.07 Å². The zero-order chi connectivity index (χ0) is 11.3. The van der Waals surface area contributed by atoms with Crippen molar-refractivity contribution in [3.05, 3.63) is 34.4 Å². The van der Waals surface area contributed by atoms with Gasteiger partial charge < -0.3 is 0 Å². The first-order chi connectivity index (χ1) is 7.26. The van der Waals surface area contributed by atoms with Crippen molar-refractivity contribution in [2.24, 2.45) is 0 Å². The van der Waals surface area contributed by atoms with Crippen molar-refractivity contribution in [2.75, 3.05) is 0 Å². The molecule has 0 N–H and O–H groups in total. The Hall–Kier alpha value is -1.50. The normalized spacial score (nSPS) is 10.0. The lowest BCUT2D eigenvalue weighted by molar-refractivity contribution is 0.436. The summed E-state index contributed by atoms with van der Waals surface area (Å²) in [7, 11) is 0. The van der Waals surface area contributed by atoms with Crippen LogP contribution in [-0.2, 0) is 26.4 Å². The zero-order valence-electron chi connectivity index (χ0n) is 8.06. The van der Waals surface area contributed by atoms with Crippen LogP contribution in [0.5, 0.6) is 0 Å². The maximum Gasteiger partial charge on any atom is 0.115 e. The molecule has 0 aromatic heterocycles. The van der Waals surface area contributed by atoms with Gasteiger partial charge in [0.25, 0.3) is 0 Å². The van der Waals surface area contributed by atoms with Crippen molar-refractivity contribution in [3.63, 3.8) is 0 Å². The molecule has 1 aromatic rings. The van der Waals surface area contributed by atoms with Crippen LogP contribution in [0.15, 0.2) is 12.1 Å². The third kappa shape index (κ3) is 2.50. The monoisotopic (exact) mass is 213 g/mol. The van der Waals surface area contributed by atoms with Gasteiger partial charge in [-0.25, -0.2) is 13.2 Å². The van der Waals surface area contributed by atoms with Crippen molar-refractivity contribution in [3.8, 4) is 6.07 Å². The quantitative estimate of drug-likeness (QED) is 0.753. The molecule has 0 unspecified atom stereocenters. The molecule has 0 saturated carbocycles. The molecule has 0 aliphatic rings. The summed E-state index contributed by atoms with van der Waals surface area (Å²) in [6, 6.07) is 4.71. The smallest absolute Gasteiger partial charge is 0.115 e. The van der Waals surface area contributed by atoms with Gasteiger partial charge in [-0.05, 0) is 22.3 Å². The van der Waals surface area contributed by atoms with E-state index in [1.54, 1.807) is 0 Å². The molecule has 0 atom stereocenters. The van der Waals surface area contributed by atoms with E-state index in [1.165, 1.54) is 12.1 Å². The molecule has 0 fully saturated rings. The molecule has 0 aliphatic heterocycles. The minimum absolute atomic E-state index is 0.0710. The van der Waals surface area contributed by atoms with E-state index in [2.05, 4.69) is 0 Å². The molecule has 0 radical (unpaired) electrons. The molecule has 0 heterocycles. The van der Waals surface area contributed by atoms with Crippen molar-refractivity contribution >= 4 is 0 Å². The molecule has 1 rings (SSSR count). The van der Waals surface area contributed by atoms with E-state index >= 15 is 0 Å². The van der Waals surface area contributed by atoms with E-state index in [4.69, 9.17) is 5.26 Å². The molecule has 0 spiro atoms. The first-order valence-corrected chi connectivity index (χ1v) is 4.45. The predicted molar refractivity (Wildman–Crippen MR) is 50.2 cm³/mol. The molecule has 0 amide bonds. The molecule has 0 saturated heterocycles. The summed E-state index contributed by atoms with van der Waals surface area (Å²) in [4.78, 5) is 0. The Morgan fingerprint density at radius 3 is 1.87 bits per heavy atom. The molecule has 1 nitrogen and oxygen atoms in total. The highest BCUT2D eigenvalue weighted by molar-refractivity contribution is 5.39. The van der Waals surface area contributed by atoms with Crippen LogP contribution in [0.4, 0.5) is 13.2 Å². The van der Waals surface area contributed by atoms with Gasteiger partial charge in [0.15, 0.2) is 0 Å². The minimum Gasteiger partial charge on any atom is -0.246 e. The van der Waals surface area contributed by atoms with Crippen LogP contribution < -0.4 is 0 Å². The zero-order valence-corrected chi connectivity index (χ0v) is 8.06. The number of alkyl halides is 3. The van der Waals surface area contributed by atoms with Gasteiger partial charge in [0.05, 0.1) is 12.5 Å². The molecule has 80 valence electrons. The highest BCUT2D eigenvalue weighted by atomic mass is 19.1. The van der Waals surface area contributed by atoms with E-state index < -0.39 is 20.0 Å². The van der Waals surface area contributed by atoms with Crippen molar-refractivity contribution in [1.29, 1.82) is 5.26 Å². The van der Waals surface area contributed by atoms with Crippen LogP contribution in [0.2, 0.25) is 0 Å². The average Bonchev–Trinajstić information content (AvgIpc) is 2.28. The first kappa shape index (κ1) is 11.6. The second-order valence-corrected chi connectivity index (χ2v) is 3.13. The number of hydrogen-bond donors (Lipinski definition) is 0. The van der Waals surface area contributed by atoms with Gasteiger partial charge in [-0.2, -0.15) is 5.26 Å². The highest BCUT2D eigenvalue weighted by Crippen LogP contribution is 2.21. The number of hydrogen-bond acceptors (Lipinski definition) is 1. The second kappa shape index (κ2) is 5.40. The summed E-state index contributed by atoms with van der Waals surface area (Å²) in [5.41, 5.74) is 0.868. The Balaban J connectivity index is 3.24. The maximum absolute atomic E-state index is 12.5. The maximum atomic E-state index is 12.5. The van der Waals surface area contributed by atoms with Crippen molar-refractivity contribution in [2.45, 2.75) is 26.4 Å². The van der Waals surface area contributed by atoms with Gasteiger partial charge in [-0.15, -0.1) is 0 Å². The number of nitrogens with zero attached hydrogens (tertiary/aromatic N) is 1. The number of halogens is 3. The summed E-state index contributed by atoms with van der Waals surface area (Å²) in [5.74, 6) is 0. The van der Waals surface area contributed by atoms with Crippen molar-refractivity contribution < 1.29 is 13.2 Å². The van der Waals surface area contributed by atoms with E-state index in [0.717, 1.165) is 0 Å². The van der Waals surface area contributed by atoms with Gasteiger partial charge >= 0.3 is 0 Å². The SMILES string of the molecule is N#CCc1cc(CF)c(CF)c(CF)c1. The molecule has 0 bridgehead atoms. The minimum atomic E-state index is -0.884. The Kier molecular flexibility index (Phi) is 4.17. The highest BCUT2D eigenvalue weighted by Gasteiger charge is 2.10. The van der Waals surface area contributed by atoms with E-state index in [-0.39, 0.29) is 23.1 Å². The fourth-order valence-electron chi connectivity index (χ4n) is 1.47.